The number of methoxy groups -OCH3 is 2. The molecule has 1 unspecified atom stereocenters. The van der Waals surface area contributed by atoms with E-state index >= 15 is 0 Å². The molecule has 0 aliphatic carbocycles. The average Bonchev–Trinajstić information content (AvgIpc) is 3.17. The highest BCUT2D eigenvalue weighted by atomic mass is 16.6. The van der Waals surface area contributed by atoms with Crippen LogP contribution in [0.5, 0.6) is 11.5 Å². The summed E-state index contributed by atoms with van der Waals surface area (Å²) >= 11 is 0. The third kappa shape index (κ3) is 4.73. The van der Waals surface area contributed by atoms with Gasteiger partial charge in [0.25, 0.3) is 5.69 Å². The molecule has 168 valence electrons. The minimum Gasteiger partial charge on any atom is -0.493 e. The molecule has 0 bridgehead atoms. The first-order valence-corrected chi connectivity index (χ1v) is 10.2. The summed E-state index contributed by atoms with van der Waals surface area (Å²) in [6, 6.07) is 2.88. The van der Waals surface area contributed by atoms with Gasteiger partial charge in [-0.25, -0.2) is 4.79 Å². The number of carbonyl (C=O) groups excluding carboxylic acids is 2. The lowest BCUT2D eigenvalue weighted by atomic mass is 10.0. The molecule has 0 radical (unpaired) electrons. The number of benzene rings is 1. The van der Waals surface area contributed by atoms with E-state index in [0.717, 1.165) is 6.42 Å². The zero-order valence-electron chi connectivity index (χ0n) is 17.9. The Hall–Kier alpha value is -3.30. The number of piperidine rings is 1. The predicted octanol–water partition coefficient (Wildman–Crippen LogP) is 2.85. The molecule has 31 heavy (non-hydrogen) atoms. The standard InChI is InChI=1S/C21H27N3O7/c1-4-15-13-31-21(26)23(15)16-7-9-22(10-8-16)20(25)6-5-14-11-18(29-2)19(30-3)12-17(14)24(27)28/h5-6,11-12,15-16H,4,7-10,13H2,1-3H3. The average molecular weight is 433 g/mol. The van der Waals surface area contributed by atoms with Crippen LogP contribution in [-0.4, -0.2) is 72.7 Å². The first kappa shape index (κ1) is 22.4. The molecule has 2 aliphatic heterocycles. The Labute approximate surface area is 180 Å². The SMILES string of the molecule is CCC1COC(=O)N1C1CCN(C(=O)C=Cc2cc(OC)c(OC)cc2[N+](=O)[O-])CC1. The summed E-state index contributed by atoms with van der Waals surface area (Å²) in [4.78, 5) is 39.1. The van der Waals surface area contributed by atoms with E-state index in [9.17, 15) is 19.7 Å². The maximum atomic E-state index is 12.7. The molecular weight excluding hydrogens is 406 g/mol. The van der Waals surface area contributed by atoms with Crippen LogP contribution in [0.2, 0.25) is 0 Å². The molecule has 2 aliphatic rings. The minimum absolute atomic E-state index is 0.0555. The van der Waals surface area contributed by atoms with Gasteiger partial charge in [-0.1, -0.05) is 6.92 Å². The maximum absolute atomic E-state index is 12.7. The molecule has 10 heteroatoms. The number of hydrogen-bond acceptors (Lipinski definition) is 7. The van der Waals surface area contributed by atoms with Crippen molar-refractivity contribution in [1.29, 1.82) is 0 Å². The van der Waals surface area contributed by atoms with E-state index in [1.807, 2.05) is 11.8 Å². The second-order valence-electron chi connectivity index (χ2n) is 7.46. The van der Waals surface area contributed by atoms with Crippen molar-refractivity contribution in [3.63, 3.8) is 0 Å². The van der Waals surface area contributed by atoms with Gasteiger partial charge < -0.3 is 19.1 Å². The lowest BCUT2D eigenvalue weighted by molar-refractivity contribution is -0.385. The van der Waals surface area contributed by atoms with Crippen LogP contribution in [0.4, 0.5) is 10.5 Å². The molecule has 1 aromatic rings. The lowest BCUT2D eigenvalue weighted by Crippen LogP contribution is -2.49. The molecule has 2 heterocycles. The number of cyclic esters (lactones) is 1. The van der Waals surface area contributed by atoms with Crippen molar-refractivity contribution in [2.75, 3.05) is 33.9 Å². The number of hydrogen-bond donors (Lipinski definition) is 0. The van der Waals surface area contributed by atoms with Gasteiger partial charge in [-0.05, 0) is 31.4 Å². The first-order valence-electron chi connectivity index (χ1n) is 10.2. The van der Waals surface area contributed by atoms with Crippen LogP contribution in [0, 0.1) is 10.1 Å². The van der Waals surface area contributed by atoms with Gasteiger partial charge in [0.15, 0.2) is 11.5 Å². The molecule has 0 saturated carbocycles. The van der Waals surface area contributed by atoms with Crippen LogP contribution < -0.4 is 9.47 Å². The fourth-order valence-corrected chi connectivity index (χ4v) is 4.04. The van der Waals surface area contributed by atoms with Gasteiger partial charge >= 0.3 is 6.09 Å². The number of ether oxygens (including phenoxy) is 3. The smallest absolute Gasteiger partial charge is 0.410 e. The van der Waals surface area contributed by atoms with Gasteiger partial charge in [-0.2, -0.15) is 0 Å². The number of carbonyl (C=O) groups is 2. The number of amides is 2. The number of nitro groups is 1. The van der Waals surface area contributed by atoms with Gasteiger partial charge in [0.2, 0.25) is 5.91 Å². The van der Waals surface area contributed by atoms with Crippen LogP contribution in [0.1, 0.15) is 31.7 Å². The summed E-state index contributed by atoms with van der Waals surface area (Å²) in [7, 11) is 2.83. The Morgan fingerprint density at radius 3 is 2.48 bits per heavy atom. The lowest BCUT2D eigenvalue weighted by Gasteiger charge is -2.37. The van der Waals surface area contributed by atoms with Gasteiger partial charge in [0.05, 0.1) is 36.8 Å². The fraction of sp³-hybridized carbons (Fsp3) is 0.524. The van der Waals surface area contributed by atoms with Crippen molar-refractivity contribution in [3.05, 3.63) is 33.9 Å². The Balaban J connectivity index is 1.67. The number of nitro benzene ring substituents is 1. The fourth-order valence-electron chi connectivity index (χ4n) is 4.04. The molecule has 1 atom stereocenters. The Morgan fingerprint density at radius 1 is 1.26 bits per heavy atom. The zero-order chi connectivity index (χ0) is 22.5. The van der Waals surface area contributed by atoms with Crippen LogP contribution in [0.3, 0.4) is 0 Å². The summed E-state index contributed by atoms with van der Waals surface area (Å²) in [5.74, 6) is 0.341. The molecule has 0 spiro atoms. The topological polar surface area (TPSA) is 111 Å². The van der Waals surface area contributed by atoms with E-state index in [0.29, 0.717) is 38.3 Å². The maximum Gasteiger partial charge on any atom is 0.410 e. The van der Waals surface area contributed by atoms with Crippen molar-refractivity contribution in [1.82, 2.24) is 9.80 Å². The quantitative estimate of drug-likeness (QED) is 0.369. The third-order valence-corrected chi connectivity index (χ3v) is 5.78. The molecule has 2 fully saturated rings. The molecule has 0 N–H and O–H groups in total. The van der Waals surface area contributed by atoms with Crippen molar-refractivity contribution >= 4 is 23.8 Å². The van der Waals surface area contributed by atoms with E-state index in [-0.39, 0.29) is 41.1 Å². The van der Waals surface area contributed by atoms with Crippen molar-refractivity contribution in [2.24, 2.45) is 0 Å². The second-order valence-corrected chi connectivity index (χ2v) is 7.46. The first-order chi connectivity index (χ1) is 14.9. The van der Waals surface area contributed by atoms with Crippen molar-refractivity contribution < 1.29 is 28.7 Å². The van der Waals surface area contributed by atoms with Crippen LogP contribution >= 0.6 is 0 Å². The molecule has 1 aromatic carbocycles. The van der Waals surface area contributed by atoms with Gasteiger partial charge in [0, 0.05) is 25.2 Å². The molecule has 10 nitrogen and oxygen atoms in total. The van der Waals surface area contributed by atoms with Crippen LogP contribution in [-0.2, 0) is 9.53 Å². The van der Waals surface area contributed by atoms with Crippen molar-refractivity contribution in [2.45, 2.75) is 38.3 Å². The monoisotopic (exact) mass is 433 g/mol. The highest BCUT2D eigenvalue weighted by molar-refractivity contribution is 5.92. The largest absolute Gasteiger partial charge is 0.493 e. The third-order valence-electron chi connectivity index (χ3n) is 5.78. The van der Waals surface area contributed by atoms with Gasteiger partial charge in [0.1, 0.15) is 6.61 Å². The van der Waals surface area contributed by atoms with E-state index in [1.165, 1.54) is 38.5 Å². The number of rotatable bonds is 7. The summed E-state index contributed by atoms with van der Waals surface area (Å²) < 4.78 is 15.5. The number of likely N-dealkylation sites (tertiary alicyclic amines) is 1. The zero-order valence-corrected chi connectivity index (χ0v) is 17.9. The number of nitrogens with zero attached hydrogens (tertiary/aromatic N) is 3. The Bertz CT molecular complexity index is 878. The summed E-state index contributed by atoms with van der Waals surface area (Å²) in [5, 5.41) is 11.4. The van der Waals surface area contributed by atoms with Gasteiger partial charge in [-0.3, -0.25) is 19.8 Å². The highest BCUT2D eigenvalue weighted by Gasteiger charge is 2.38. The molecular formula is C21H27N3O7. The van der Waals surface area contributed by atoms with E-state index in [4.69, 9.17) is 14.2 Å². The molecule has 3 rings (SSSR count). The summed E-state index contributed by atoms with van der Waals surface area (Å²) in [5.41, 5.74) is 0.0649. The van der Waals surface area contributed by atoms with Gasteiger partial charge in [-0.15, -0.1) is 0 Å². The van der Waals surface area contributed by atoms with Crippen LogP contribution in [0.25, 0.3) is 6.08 Å². The predicted molar refractivity (Wildman–Crippen MR) is 112 cm³/mol. The summed E-state index contributed by atoms with van der Waals surface area (Å²) in [6.07, 6.45) is 4.63. The second kappa shape index (κ2) is 9.67. The molecule has 2 amide bonds. The van der Waals surface area contributed by atoms with Crippen molar-refractivity contribution in [3.8, 4) is 11.5 Å². The van der Waals surface area contributed by atoms with E-state index in [1.54, 1.807) is 4.90 Å². The normalized spacial score (nSPS) is 19.6. The molecule has 2 saturated heterocycles. The van der Waals surface area contributed by atoms with E-state index in [2.05, 4.69) is 0 Å². The van der Waals surface area contributed by atoms with Crippen LogP contribution in [0.15, 0.2) is 18.2 Å². The Morgan fingerprint density at radius 2 is 1.90 bits per heavy atom. The van der Waals surface area contributed by atoms with E-state index < -0.39 is 4.92 Å². The summed E-state index contributed by atoms with van der Waals surface area (Å²) in [6.45, 7) is 3.45. The minimum atomic E-state index is -0.531. The highest BCUT2D eigenvalue weighted by Crippen LogP contribution is 2.35. The Kier molecular flexibility index (Phi) is 6.98. The molecule has 0 aromatic heterocycles.